The third-order valence-corrected chi connectivity index (χ3v) is 4.10. The second-order valence-electron chi connectivity index (χ2n) is 6.12. The van der Waals surface area contributed by atoms with E-state index in [4.69, 9.17) is 14.2 Å². The summed E-state index contributed by atoms with van der Waals surface area (Å²) in [6.07, 6.45) is -0.0405. The second-order valence-corrected chi connectivity index (χ2v) is 6.12. The van der Waals surface area contributed by atoms with Crippen LogP contribution >= 0.6 is 0 Å². The summed E-state index contributed by atoms with van der Waals surface area (Å²) in [5.41, 5.74) is 0.683. The van der Waals surface area contributed by atoms with Crippen LogP contribution in [0.3, 0.4) is 0 Å². The lowest BCUT2D eigenvalue weighted by atomic mass is 10.2. The van der Waals surface area contributed by atoms with Gasteiger partial charge in [-0.1, -0.05) is 25.1 Å². The fourth-order valence-corrected chi connectivity index (χ4v) is 2.59. The number of methoxy groups -OCH3 is 1. The second kappa shape index (κ2) is 9.46. The molecule has 144 valence electrons. The van der Waals surface area contributed by atoms with Gasteiger partial charge in [0, 0.05) is 5.69 Å². The van der Waals surface area contributed by atoms with E-state index in [0.717, 1.165) is 11.5 Å². The van der Waals surface area contributed by atoms with Crippen LogP contribution in [0, 0.1) is 0 Å². The molecule has 0 aliphatic heterocycles. The summed E-state index contributed by atoms with van der Waals surface area (Å²) in [6, 6.07) is 23.9. The normalized spacial score (nSPS) is 11.4. The van der Waals surface area contributed by atoms with Crippen LogP contribution in [0.2, 0.25) is 0 Å². The average molecular weight is 377 g/mol. The number of hydrogen-bond donors (Lipinski definition) is 1. The van der Waals surface area contributed by atoms with Crippen molar-refractivity contribution in [2.24, 2.45) is 0 Å². The van der Waals surface area contributed by atoms with Crippen LogP contribution in [0.5, 0.6) is 23.0 Å². The van der Waals surface area contributed by atoms with Crippen molar-refractivity contribution in [3.05, 3.63) is 78.9 Å². The standard InChI is InChI=1S/C23H23NO4/c1-3-22(28-21-15-13-18(26-2)14-16-21)23(25)24-17-9-11-20(12-10-17)27-19-7-5-4-6-8-19/h4-16,22H,3H2,1-2H3,(H,24,25)/t22-/m1/s1. The summed E-state index contributed by atoms with van der Waals surface area (Å²) in [7, 11) is 1.61. The zero-order chi connectivity index (χ0) is 19.8. The van der Waals surface area contributed by atoms with Gasteiger partial charge in [-0.15, -0.1) is 0 Å². The maximum Gasteiger partial charge on any atom is 0.265 e. The molecular formula is C23H23NO4. The van der Waals surface area contributed by atoms with E-state index in [9.17, 15) is 4.79 Å². The number of amides is 1. The van der Waals surface area contributed by atoms with Crippen molar-refractivity contribution in [2.45, 2.75) is 19.4 Å². The quantitative estimate of drug-likeness (QED) is 0.580. The molecule has 1 atom stereocenters. The fourth-order valence-electron chi connectivity index (χ4n) is 2.59. The average Bonchev–Trinajstić information content (AvgIpc) is 2.74. The molecule has 5 nitrogen and oxygen atoms in total. The van der Waals surface area contributed by atoms with Crippen molar-refractivity contribution < 1.29 is 19.0 Å². The molecule has 28 heavy (non-hydrogen) atoms. The Hall–Kier alpha value is -3.47. The van der Waals surface area contributed by atoms with Crippen molar-refractivity contribution in [2.75, 3.05) is 12.4 Å². The molecule has 5 heteroatoms. The number of carbonyl (C=O) groups excluding carboxylic acids is 1. The van der Waals surface area contributed by atoms with Gasteiger partial charge in [-0.05, 0) is 67.1 Å². The molecule has 0 bridgehead atoms. The Morgan fingerprint density at radius 2 is 1.39 bits per heavy atom. The van der Waals surface area contributed by atoms with Gasteiger partial charge in [0.05, 0.1) is 7.11 Å². The largest absolute Gasteiger partial charge is 0.497 e. The molecule has 3 aromatic rings. The predicted molar refractivity (Wildman–Crippen MR) is 109 cm³/mol. The molecule has 0 saturated heterocycles. The highest BCUT2D eigenvalue weighted by Crippen LogP contribution is 2.23. The van der Waals surface area contributed by atoms with Gasteiger partial charge in [0.2, 0.25) is 0 Å². The number of benzene rings is 3. The molecule has 0 heterocycles. The summed E-state index contributed by atoms with van der Waals surface area (Å²) < 4.78 is 16.7. The smallest absolute Gasteiger partial charge is 0.265 e. The Balaban J connectivity index is 1.58. The molecule has 0 aliphatic rings. The van der Waals surface area contributed by atoms with Gasteiger partial charge in [0.15, 0.2) is 6.10 Å². The van der Waals surface area contributed by atoms with Crippen LogP contribution in [-0.2, 0) is 4.79 Å². The van der Waals surface area contributed by atoms with E-state index in [1.54, 1.807) is 43.5 Å². The molecule has 0 radical (unpaired) electrons. The lowest BCUT2D eigenvalue weighted by Gasteiger charge is -2.17. The van der Waals surface area contributed by atoms with Gasteiger partial charge in [0.1, 0.15) is 23.0 Å². The number of para-hydroxylation sites is 1. The zero-order valence-electron chi connectivity index (χ0n) is 15.9. The summed E-state index contributed by atoms with van der Waals surface area (Å²) in [4.78, 5) is 12.6. The SMILES string of the molecule is CC[C@@H](Oc1ccc(OC)cc1)C(=O)Nc1ccc(Oc2ccccc2)cc1. The molecule has 1 amide bonds. The van der Waals surface area contributed by atoms with Gasteiger partial charge in [-0.2, -0.15) is 0 Å². The van der Waals surface area contributed by atoms with Crippen molar-refractivity contribution in [1.82, 2.24) is 0 Å². The van der Waals surface area contributed by atoms with Gasteiger partial charge in [-0.25, -0.2) is 0 Å². The number of ether oxygens (including phenoxy) is 3. The Bertz CT molecular complexity index is 877. The third kappa shape index (κ3) is 5.27. The summed E-state index contributed by atoms with van der Waals surface area (Å²) in [5.74, 6) is 2.62. The first kappa shape index (κ1) is 19.3. The number of hydrogen-bond acceptors (Lipinski definition) is 4. The Morgan fingerprint density at radius 3 is 2.00 bits per heavy atom. The minimum absolute atomic E-state index is 0.199. The Kier molecular flexibility index (Phi) is 6.52. The minimum atomic E-state index is -0.589. The molecule has 0 aromatic heterocycles. The third-order valence-electron chi connectivity index (χ3n) is 4.10. The molecule has 3 aromatic carbocycles. The number of rotatable bonds is 8. The Morgan fingerprint density at radius 1 is 0.821 bits per heavy atom. The van der Waals surface area contributed by atoms with E-state index in [1.807, 2.05) is 49.4 Å². The van der Waals surface area contributed by atoms with Gasteiger partial charge in [-0.3, -0.25) is 4.79 Å². The van der Waals surface area contributed by atoms with Crippen LogP contribution in [0.4, 0.5) is 5.69 Å². The highest BCUT2D eigenvalue weighted by Gasteiger charge is 2.18. The van der Waals surface area contributed by atoms with Crippen LogP contribution in [-0.4, -0.2) is 19.1 Å². The van der Waals surface area contributed by atoms with E-state index in [2.05, 4.69) is 5.32 Å². The maximum absolute atomic E-state index is 12.6. The van der Waals surface area contributed by atoms with E-state index in [0.29, 0.717) is 23.6 Å². The zero-order valence-corrected chi connectivity index (χ0v) is 15.9. The van der Waals surface area contributed by atoms with E-state index in [1.165, 1.54) is 0 Å². The first-order chi connectivity index (χ1) is 13.7. The van der Waals surface area contributed by atoms with Gasteiger partial charge < -0.3 is 19.5 Å². The topological polar surface area (TPSA) is 56.8 Å². The Labute approximate surface area is 164 Å². The van der Waals surface area contributed by atoms with Crippen molar-refractivity contribution >= 4 is 11.6 Å². The molecule has 0 fully saturated rings. The lowest BCUT2D eigenvalue weighted by Crippen LogP contribution is -2.32. The van der Waals surface area contributed by atoms with E-state index in [-0.39, 0.29) is 5.91 Å². The molecule has 0 spiro atoms. The first-order valence-electron chi connectivity index (χ1n) is 9.12. The van der Waals surface area contributed by atoms with Crippen molar-refractivity contribution in [3.8, 4) is 23.0 Å². The van der Waals surface area contributed by atoms with Gasteiger partial charge in [0.25, 0.3) is 5.91 Å². The summed E-state index contributed by atoms with van der Waals surface area (Å²) in [5, 5.41) is 2.88. The first-order valence-corrected chi connectivity index (χ1v) is 9.12. The van der Waals surface area contributed by atoms with Crippen molar-refractivity contribution in [1.29, 1.82) is 0 Å². The highest BCUT2D eigenvalue weighted by molar-refractivity contribution is 5.94. The molecular weight excluding hydrogens is 354 g/mol. The lowest BCUT2D eigenvalue weighted by molar-refractivity contribution is -0.122. The number of anilines is 1. The van der Waals surface area contributed by atoms with Crippen LogP contribution in [0.1, 0.15) is 13.3 Å². The molecule has 3 rings (SSSR count). The summed E-state index contributed by atoms with van der Waals surface area (Å²) in [6.45, 7) is 1.91. The predicted octanol–water partition coefficient (Wildman–Crippen LogP) is 5.28. The molecule has 0 saturated carbocycles. The fraction of sp³-hybridized carbons (Fsp3) is 0.174. The van der Waals surface area contributed by atoms with Crippen LogP contribution < -0.4 is 19.5 Å². The van der Waals surface area contributed by atoms with E-state index >= 15 is 0 Å². The van der Waals surface area contributed by atoms with Crippen LogP contribution in [0.15, 0.2) is 78.9 Å². The monoisotopic (exact) mass is 377 g/mol. The molecule has 0 aliphatic carbocycles. The maximum atomic E-state index is 12.6. The highest BCUT2D eigenvalue weighted by atomic mass is 16.5. The number of nitrogens with one attached hydrogen (secondary N) is 1. The van der Waals surface area contributed by atoms with Crippen molar-refractivity contribution in [3.63, 3.8) is 0 Å². The van der Waals surface area contributed by atoms with E-state index < -0.39 is 6.10 Å². The van der Waals surface area contributed by atoms with Crippen LogP contribution in [0.25, 0.3) is 0 Å². The molecule has 1 N–H and O–H groups in total. The summed E-state index contributed by atoms with van der Waals surface area (Å²) >= 11 is 0. The minimum Gasteiger partial charge on any atom is -0.497 e. The molecule has 0 unspecified atom stereocenters. The van der Waals surface area contributed by atoms with Gasteiger partial charge >= 0.3 is 0 Å². The number of carbonyl (C=O) groups is 1.